The number of nitro groups is 2. The summed E-state index contributed by atoms with van der Waals surface area (Å²) in [5, 5.41) is 31.2. The predicted octanol–water partition coefficient (Wildman–Crippen LogP) is 1.68. The molecule has 0 unspecified atom stereocenters. The normalized spacial score (nSPS) is 13.1. The van der Waals surface area contributed by atoms with Crippen LogP contribution < -0.4 is 0 Å². The average molecular weight is 240 g/mol. The van der Waals surface area contributed by atoms with Gasteiger partial charge in [0.25, 0.3) is 5.69 Å². The van der Waals surface area contributed by atoms with Crippen molar-refractivity contribution in [2.45, 2.75) is 25.5 Å². The van der Waals surface area contributed by atoms with Crippen molar-refractivity contribution in [2.24, 2.45) is 0 Å². The number of hydrogen-bond donors (Lipinski definition) is 1. The van der Waals surface area contributed by atoms with E-state index in [9.17, 15) is 25.3 Å². The van der Waals surface area contributed by atoms with Crippen molar-refractivity contribution in [2.75, 3.05) is 0 Å². The molecule has 1 N–H and O–H groups in total. The maximum absolute atomic E-state index is 10.8. The number of benzene rings is 1. The lowest BCUT2D eigenvalue weighted by Gasteiger charge is -2.22. The standard InChI is InChI=1S/C10H12N2O5/c1-10(2,12(16)17)9(13)7-4-3-5-8(6-7)11(14)15/h3-6,9,13H,1-2H3/t9-/m0/s1. The fourth-order valence-corrected chi connectivity index (χ4v) is 1.32. The first-order valence-corrected chi connectivity index (χ1v) is 4.83. The van der Waals surface area contributed by atoms with Gasteiger partial charge in [-0.2, -0.15) is 0 Å². The molecule has 0 heterocycles. The van der Waals surface area contributed by atoms with Gasteiger partial charge in [0.05, 0.1) is 4.92 Å². The van der Waals surface area contributed by atoms with E-state index in [1.165, 1.54) is 32.0 Å². The molecule has 1 aromatic rings. The van der Waals surface area contributed by atoms with Gasteiger partial charge in [-0.15, -0.1) is 0 Å². The van der Waals surface area contributed by atoms with Gasteiger partial charge in [-0.25, -0.2) is 0 Å². The maximum atomic E-state index is 10.8. The van der Waals surface area contributed by atoms with Crippen LogP contribution in [-0.4, -0.2) is 20.5 Å². The van der Waals surface area contributed by atoms with Crippen LogP contribution in [0.1, 0.15) is 25.5 Å². The minimum Gasteiger partial charge on any atom is -0.381 e. The first kappa shape index (κ1) is 13.0. The van der Waals surface area contributed by atoms with E-state index in [4.69, 9.17) is 0 Å². The summed E-state index contributed by atoms with van der Waals surface area (Å²) >= 11 is 0. The quantitative estimate of drug-likeness (QED) is 0.636. The van der Waals surface area contributed by atoms with E-state index in [1.807, 2.05) is 0 Å². The third-order valence-corrected chi connectivity index (χ3v) is 2.54. The van der Waals surface area contributed by atoms with Crippen LogP contribution in [0.25, 0.3) is 0 Å². The van der Waals surface area contributed by atoms with Gasteiger partial charge in [-0.3, -0.25) is 20.2 Å². The molecular weight excluding hydrogens is 228 g/mol. The Balaban J connectivity index is 3.13. The lowest BCUT2D eigenvalue weighted by atomic mass is 9.92. The van der Waals surface area contributed by atoms with Gasteiger partial charge in [0.15, 0.2) is 0 Å². The highest BCUT2D eigenvalue weighted by molar-refractivity contribution is 5.36. The Morgan fingerprint density at radius 2 is 1.88 bits per heavy atom. The first-order chi connectivity index (χ1) is 7.76. The van der Waals surface area contributed by atoms with E-state index >= 15 is 0 Å². The van der Waals surface area contributed by atoms with Crippen LogP contribution in [0.15, 0.2) is 24.3 Å². The van der Waals surface area contributed by atoms with Crippen LogP contribution in [0.5, 0.6) is 0 Å². The van der Waals surface area contributed by atoms with Crippen LogP contribution in [0.3, 0.4) is 0 Å². The summed E-state index contributed by atoms with van der Waals surface area (Å²) in [4.78, 5) is 20.1. The highest BCUT2D eigenvalue weighted by Crippen LogP contribution is 2.29. The summed E-state index contributed by atoms with van der Waals surface area (Å²) in [6.07, 6.45) is -1.41. The smallest absolute Gasteiger partial charge is 0.269 e. The fourth-order valence-electron chi connectivity index (χ4n) is 1.32. The molecule has 7 heteroatoms. The largest absolute Gasteiger partial charge is 0.381 e. The SMILES string of the molecule is CC(C)([C@@H](O)c1cccc([N+](=O)[O-])c1)[N+](=O)[O-]. The highest BCUT2D eigenvalue weighted by atomic mass is 16.6. The lowest BCUT2D eigenvalue weighted by molar-refractivity contribution is -0.575. The van der Waals surface area contributed by atoms with Crippen molar-refractivity contribution in [3.63, 3.8) is 0 Å². The molecule has 0 spiro atoms. The van der Waals surface area contributed by atoms with Gasteiger partial charge in [0, 0.05) is 30.9 Å². The van der Waals surface area contributed by atoms with Crippen LogP contribution in [0.4, 0.5) is 5.69 Å². The van der Waals surface area contributed by atoms with Gasteiger partial charge in [-0.05, 0) is 5.56 Å². The number of nitrogens with zero attached hydrogens (tertiary/aromatic N) is 2. The molecule has 0 saturated carbocycles. The molecule has 0 saturated heterocycles. The van der Waals surface area contributed by atoms with Crippen molar-refractivity contribution >= 4 is 5.69 Å². The Morgan fingerprint density at radius 1 is 1.29 bits per heavy atom. The van der Waals surface area contributed by atoms with Crippen molar-refractivity contribution in [3.8, 4) is 0 Å². The van der Waals surface area contributed by atoms with Gasteiger partial charge in [0.1, 0.15) is 6.10 Å². The van der Waals surface area contributed by atoms with Gasteiger partial charge >= 0.3 is 0 Å². The Morgan fingerprint density at radius 3 is 2.35 bits per heavy atom. The van der Waals surface area contributed by atoms with Crippen molar-refractivity contribution in [3.05, 3.63) is 50.1 Å². The van der Waals surface area contributed by atoms with E-state index in [0.29, 0.717) is 0 Å². The van der Waals surface area contributed by atoms with Gasteiger partial charge in [-0.1, -0.05) is 12.1 Å². The van der Waals surface area contributed by atoms with Crippen LogP contribution in [0, 0.1) is 20.2 Å². The van der Waals surface area contributed by atoms with E-state index in [1.54, 1.807) is 0 Å². The number of aliphatic hydroxyl groups excluding tert-OH is 1. The molecular formula is C10H12N2O5. The van der Waals surface area contributed by atoms with Crippen LogP contribution in [-0.2, 0) is 0 Å². The second kappa shape index (κ2) is 4.46. The number of nitro benzene ring substituents is 1. The first-order valence-electron chi connectivity index (χ1n) is 4.83. The molecule has 0 aromatic heterocycles. The Labute approximate surface area is 97.0 Å². The summed E-state index contributed by atoms with van der Waals surface area (Å²) in [5.74, 6) is 0. The van der Waals surface area contributed by atoms with Crippen LogP contribution in [0.2, 0.25) is 0 Å². The molecule has 0 aliphatic carbocycles. The maximum Gasteiger partial charge on any atom is 0.269 e. The van der Waals surface area contributed by atoms with Crippen LogP contribution >= 0.6 is 0 Å². The second-order valence-corrected chi connectivity index (χ2v) is 4.17. The molecule has 1 atom stereocenters. The number of non-ortho nitro benzene ring substituents is 1. The van der Waals surface area contributed by atoms with E-state index in [-0.39, 0.29) is 11.3 Å². The molecule has 0 aliphatic heterocycles. The van der Waals surface area contributed by atoms with E-state index < -0.39 is 21.5 Å². The Hall–Kier alpha value is -2.02. The monoisotopic (exact) mass is 240 g/mol. The zero-order valence-corrected chi connectivity index (χ0v) is 9.36. The molecule has 7 nitrogen and oxygen atoms in total. The topological polar surface area (TPSA) is 107 Å². The minimum absolute atomic E-state index is 0.154. The number of aliphatic hydroxyl groups is 1. The van der Waals surface area contributed by atoms with Gasteiger partial charge < -0.3 is 5.11 Å². The Bertz CT molecular complexity index is 458. The molecule has 0 amide bonds. The summed E-state index contributed by atoms with van der Waals surface area (Å²) in [5.41, 5.74) is -1.66. The minimum atomic E-state index is -1.60. The summed E-state index contributed by atoms with van der Waals surface area (Å²) < 4.78 is 0. The highest BCUT2D eigenvalue weighted by Gasteiger charge is 2.41. The van der Waals surface area contributed by atoms with Gasteiger partial charge in [0.2, 0.25) is 5.54 Å². The average Bonchev–Trinajstić information content (AvgIpc) is 2.27. The zero-order valence-electron chi connectivity index (χ0n) is 9.36. The molecule has 0 aliphatic rings. The van der Waals surface area contributed by atoms with E-state index in [0.717, 1.165) is 6.07 Å². The second-order valence-electron chi connectivity index (χ2n) is 4.17. The summed E-state index contributed by atoms with van der Waals surface area (Å²) in [7, 11) is 0. The molecule has 92 valence electrons. The summed E-state index contributed by atoms with van der Waals surface area (Å²) in [6.45, 7) is 2.52. The molecule has 0 fully saturated rings. The summed E-state index contributed by atoms with van der Waals surface area (Å²) in [6, 6.07) is 5.20. The predicted molar refractivity (Wildman–Crippen MR) is 59.1 cm³/mol. The molecule has 1 rings (SSSR count). The van der Waals surface area contributed by atoms with E-state index in [2.05, 4.69) is 0 Å². The number of hydrogen-bond acceptors (Lipinski definition) is 5. The van der Waals surface area contributed by atoms with Crippen molar-refractivity contribution in [1.29, 1.82) is 0 Å². The Kier molecular flexibility index (Phi) is 3.42. The molecule has 1 aromatic carbocycles. The third-order valence-electron chi connectivity index (χ3n) is 2.54. The lowest BCUT2D eigenvalue weighted by Crippen LogP contribution is -2.38. The molecule has 0 bridgehead atoms. The van der Waals surface area contributed by atoms with Crippen molar-refractivity contribution < 1.29 is 15.0 Å². The zero-order chi connectivity index (χ0) is 13.2. The van der Waals surface area contributed by atoms with Crippen molar-refractivity contribution in [1.82, 2.24) is 0 Å². The third kappa shape index (κ3) is 2.56. The number of rotatable bonds is 4. The molecule has 17 heavy (non-hydrogen) atoms. The molecule has 0 radical (unpaired) electrons. The fraction of sp³-hybridized carbons (Fsp3) is 0.400.